The molecule has 27 heavy (non-hydrogen) atoms. The predicted octanol–water partition coefficient (Wildman–Crippen LogP) is 0.754. The minimum absolute atomic E-state index is 0. The maximum Gasteiger partial charge on any atom is 0.242 e. The van der Waals surface area contributed by atoms with E-state index in [1.54, 1.807) is 0 Å². The standard InChI is InChI=1S/C18H32N4O3.2ClH/c1-15-17(19-6-13-25-15)18(24)22-11-9-20(10-12-22)14-16(23)21-7-4-2-3-5-8-21;;/h15,17,19H,2-14H2,1H3;2*1H/t15-,17+;;/m1../s1. The van der Waals surface area contributed by atoms with Crippen LogP contribution < -0.4 is 5.32 Å². The van der Waals surface area contributed by atoms with Crippen LogP contribution in [0.1, 0.15) is 32.6 Å². The Labute approximate surface area is 174 Å². The Morgan fingerprint density at radius 3 is 2.15 bits per heavy atom. The highest BCUT2D eigenvalue weighted by Crippen LogP contribution is 2.12. The first kappa shape index (κ1) is 24.4. The lowest BCUT2D eigenvalue weighted by molar-refractivity contribution is -0.141. The first-order valence-corrected chi connectivity index (χ1v) is 9.79. The van der Waals surface area contributed by atoms with Gasteiger partial charge in [0.25, 0.3) is 0 Å². The monoisotopic (exact) mass is 424 g/mol. The van der Waals surface area contributed by atoms with E-state index in [0.29, 0.717) is 26.2 Å². The number of carbonyl (C=O) groups is 2. The number of amides is 2. The summed E-state index contributed by atoms with van der Waals surface area (Å²) in [6.45, 7) is 8.57. The molecule has 0 aromatic rings. The quantitative estimate of drug-likeness (QED) is 0.723. The van der Waals surface area contributed by atoms with E-state index in [-0.39, 0.29) is 48.8 Å². The number of hydrogen-bond donors (Lipinski definition) is 1. The second-order valence-corrected chi connectivity index (χ2v) is 7.40. The summed E-state index contributed by atoms with van der Waals surface area (Å²) < 4.78 is 5.58. The largest absolute Gasteiger partial charge is 0.375 e. The molecule has 3 aliphatic heterocycles. The molecule has 3 saturated heterocycles. The lowest BCUT2D eigenvalue weighted by Crippen LogP contribution is -2.60. The van der Waals surface area contributed by atoms with Gasteiger partial charge in [-0.1, -0.05) is 12.8 Å². The summed E-state index contributed by atoms with van der Waals surface area (Å²) in [5.41, 5.74) is 0. The number of rotatable bonds is 3. The van der Waals surface area contributed by atoms with Crippen molar-refractivity contribution in [3.63, 3.8) is 0 Å². The molecule has 3 aliphatic rings. The fourth-order valence-electron chi connectivity index (χ4n) is 3.94. The van der Waals surface area contributed by atoms with Crippen LogP contribution in [0, 0.1) is 0 Å². The molecule has 2 amide bonds. The Bertz CT molecular complexity index is 468. The van der Waals surface area contributed by atoms with Crippen molar-refractivity contribution in [1.82, 2.24) is 20.0 Å². The maximum absolute atomic E-state index is 12.7. The van der Waals surface area contributed by atoms with Gasteiger partial charge >= 0.3 is 0 Å². The molecule has 3 rings (SSSR count). The van der Waals surface area contributed by atoms with Crippen LogP contribution in [0.15, 0.2) is 0 Å². The minimum atomic E-state index is -0.237. The van der Waals surface area contributed by atoms with E-state index >= 15 is 0 Å². The molecule has 0 aromatic carbocycles. The van der Waals surface area contributed by atoms with Gasteiger partial charge in [0.2, 0.25) is 11.8 Å². The smallest absolute Gasteiger partial charge is 0.242 e. The predicted molar refractivity (Wildman–Crippen MR) is 110 cm³/mol. The number of halogens is 2. The Morgan fingerprint density at radius 2 is 1.56 bits per heavy atom. The number of morpholine rings is 1. The number of nitrogens with one attached hydrogen (secondary N) is 1. The Morgan fingerprint density at radius 1 is 0.926 bits per heavy atom. The van der Waals surface area contributed by atoms with Gasteiger partial charge in [0.15, 0.2) is 0 Å². The molecule has 0 radical (unpaired) electrons. The van der Waals surface area contributed by atoms with Crippen molar-refractivity contribution in [2.45, 2.75) is 44.8 Å². The summed E-state index contributed by atoms with van der Waals surface area (Å²) in [5.74, 6) is 0.378. The van der Waals surface area contributed by atoms with Crippen LogP contribution in [-0.4, -0.2) is 97.6 Å². The Kier molecular flexibility index (Phi) is 10.9. The third kappa shape index (κ3) is 6.75. The van der Waals surface area contributed by atoms with Gasteiger partial charge in [-0.05, 0) is 19.8 Å². The molecular weight excluding hydrogens is 391 g/mol. The number of hydrogen-bond acceptors (Lipinski definition) is 5. The number of ether oxygens (including phenoxy) is 1. The molecular formula is C18H34Cl2N4O3. The average Bonchev–Trinajstić information content (AvgIpc) is 2.92. The summed E-state index contributed by atoms with van der Waals surface area (Å²) in [7, 11) is 0. The van der Waals surface area contributed by atoms with Gasteiger partial charge in [0.1, 0.15) is 6.04 Å². The van der Waals surface area contributed by atoms with E-state index in [4.69, 9.17) is 4.74 Å². The van der Waals surface area contributed by atoms with Crippen LogP contribution >= 0.6 is 24.8 Å². The summed E-state index contributed by atoms with van der Waals surface area (Å²) in [5, 5.41) is 3.27. The van der Waals surface area contributed by atoms with Crippen LogP contribution in [0.4, 0.5) is 0 Å². The average molecular weight is 425 g/mol. The summed E-state index contributed by atoms with van der Waals surface area (Å²) in [6.07, 6.45) is 4.65. The van der Waals surface area contributed by atoms with Crippen molar-refractivity contribution in [3.8, 4) is 0 Å². The molecule has 0 saturated carbocycles. The highest BCUT2D eigenvalue weighted by atomic mass is 35.5. The van der Waals surface area contributed by atoms with E-state index in [9.17, 15) is 9.59 Å². The molecule has 0 aromatic heterocycles. The van der Waals surface area contributed by atoms with Crippen LogP contribution in [0.25, 0.3) is 0 Å². The van der Waals surface area contributed by atoms with E-state index in [2.05, 4.69) is 10.2 Å². The molecule has 1 N–H and O–H groups in total. The number of nitrogens with zero attached hydrogens (tertiary/aromatic N) is 3. The van der Waals surface area contributed by atoms with Crippen molar-refractivity contribution in [3.05, 3.63) is 0 Å². The first-order valence-electron chi connectivity index (χ1n) is 9.79. The van der Waals surface area contributed by atoms with E-state index in [1.807, 2.05) is 16.7 Å². The third-order valence-electron chi connectivity index (χ3n) is 5.58. The molecule has 3 heterocycles. The molecule has 0 aliphatic carbocycles. The number of piperazine rings is 1. The Balaban J connectivity index is 0.00000182. The van der Waals surface area contributed by atoms with Gasteiger partial charge < -0.3 is 19.9 Å². The fourth-order valence-corrected chi connectivity index (χ4v) is 3.94. The molecule has 9 heteroatoms. The molecule has 0 spiro atoms. The minimum Gasteiger partial charge on any atom is -0.375 e. The highest BCUT2D eigenvalue weighted by Gasteiger charge is 2.33. The van der Waals surface area contributed by atoms with Gasteiger partial charge in [-0.2, -0.15) is 0 Å². The molecule has 0 unspecified atom stereocenters. The second-order valence-electron chi connectivity index (χ2n) is 7.40. The van der Waals surface area contributed by atoms with E-state index in [0.717, 1.165) is 45.6 Å². The lowest BCUT2D eigenvalue weighted by atomic mass is 10.1. The van der Waals surface area contributed by atoms with Gasteiger partial charge in [0.05, 0.1) is 19.3 Å². The topological polar surface area (TPSA) is 65.1 Å². The van der Waals surface area contributed by atoms with Gasteiger partial charge in [-0.25, -0.2) is 0 Å². The van der Waals surface area contributed by atoms with Crippen LogP contribution in [0.3, 0.4) is 0 Å². The zero-order valence-corrected chi connectivity index (χ0v) is 17.9. The van der Waals surface area contributed by atoms with E-state index < -0.39 is 0 Å². The van der Waals surface area contributed by atoms with Crippen molar-refractivity contribution < 1.29 is 14.3 Å². The van der Waals surface area contributed by atoms with Crippen LogP contribution in [-0.2, 0) is 14.3 Å². The summed E-state index contributed by atoms with van der Waals surface area (Å²) in [4.78, 5) is 31.3. The highest BCUT2D eigenvalue weighted by molar-refractivity contribution is 5.85. The first-order chi connectivity index (χ1) is 12.1. The molecule has 0 bridgehead atoms. The van der Waals surface area contributed by atoms with Crippen molar-refractivity contribution in [2.75, 3.05) is 59.0 Å². The fraction of sp³-hybridized carbons (Fsp3) is 0.889. The summed E-state index contributed by atoms with van der Waals surface area (Å²) in [6, 6.07) is -0.237. The maximum atomic E-state index is 12.7. The van der Waals surface area contributed by atoms with Gasteiger partial charge in [0, 0.05) is 45.8 Å². The van der Waals surface area contributed by atoms with Crippen molar-refractivity contribution in [1.29, 1.82) is 0 Å². The summed E-state index contributed by atoms with van der Waals surface area (Å²) >= 11 is 0. The third-order valence-corrected chi connectivity index (χ3v) is 5.58. The lowest BCUT2D eigenvalue weighted by Gasteiger charge is -2.39. The van der Waals surface area contributed by atoms with Gasteiger partial charge in [-0.15, -0.1) is 24.8 Å². The number of likely N-dealkylation sites (tertiary alicyclic amines) is 1. The molecule has 3 fully saturated rings. The van der Waals surface area contributed by atoms with Crippen molar-refractivity contribution in [2.24, 2.45) is 0 Å². The SMILES string of the molecule is C[C@H]1OCCN[C@@H]1C(=O)N1CCN(CC(=O)N2CCCCCC2)CC1.Cl.Cl. The molecule has 7 nitrogen and oxygen atoms in total. The van der Waals surface area contributed by atoms with E-state index in [1.165, 1.54) is 12.8 Å². The normalized spacial score (nSPS) is 27.1. The number of carbonyl (C=O) groups excluding carboxylic acids is 2. The van der Waals surface area contributed by atoms with Crippen LogP contribution in [0.2, 0.25) is 0 Å². The van der Waals surface area contributed by atoms with Gasteiger partial charge in [-0.3, -0.25) is 14.5 Å². The van der Waals surface area contributed by atoms with Crippen molar-refractivity contribution >= 4 is 36.6 Å². The Hall–Kier alpha value is -0.600. The zero-order valence-electron chi connectivity index (χ0n) is 16.2. The van der Waals surface area contributed by atoms with Crippen LogP contribution in [0.5, 0.6) is 0 Å². The molecule has 158 valence electrons. The second kappa shape index (κ2) is 12.1. The zero-order chi connectivity index (χ0) is 17.6. The molecule has 2 atom stereocenters.